The summed E-state index contributed by atoms with van der Waals surface area (Å²) >= 11 is 0. The van der Waals surface area contributed by atoms with Gasteiger partial charge < -0.3 is 5.73 Å². The smallest absolute Gasteiger partial charge is 0.0180 e. The molecule has 1 heterocycles. The number of hydrogen-bond acceptors (Lipinski definition) is 2. The average molecular weight is 191 g/mol. The van der Waals surface area contributed by atoms with Crippen LogP contribution in [0.4, 0.5) is 0 Å². The molecule has 2 fully saturated rings. The zero-order chi connectivity index (χ0) is 7.84. The fourth-order valence-corrected chi connectivity index (χ4v) is 2.31. The fraction of sp³-hybridized carbons (Fsp3) is 1.00. The molecule has 0 aromatic rings. The molecular formula is C9H19ClN2. The van der Waals surface area contributed by atoms with Crippen molar-refractivity contribution in [1.29, 1.82) is 0 Å². The van der Waals surface area contributed by atoms with Gasteiger partial charge in [-0.05, 0) is 25.2 Å². The molecule has 72 valence electrons. The van der Waals surface area contributed by atoms with E-state index in [1.54, 1.807) is 0 Å². The molecule has 0 unspecified atom stereocenters. The zero-order valence-corrected chi connectivity index (χ0v) is 8.52. The van der Waals surface area contributed by atoms with Gasteiger partial charge in [0.05, 0.1) is 0 Å². The van der Waals surface area contributed by atoms with Crippen molar-refractivity contribution in [2.24, 2.45) is 11.7 Å². The van der Waals surface area contributed by atoms with Crippen LogP contribution < -0.4 is 5.73 Å². The minimum atomic E-state index is 0. The molecule has 2 aliphatic rings. The van der Waals surface area contributed by atoms with Gasteiger partial charge in [0, 0.05) is 25.2 Å². The van der Waals surface area contributed by atoms with Gasteiger partial charge >= 0.3 is 0 Å². The van der Waals surface area contributed by atoms with Gasteiger partial charge in [-0.15, -0.1) is 12.4 Å². The van der Waals surface area contributed by atoms with Crippen LogP contribution in [-0.2, 0) is 0 Å². The molecule has 2 N–H and O–H groups in total. The van der Waals surface area contributed by atoms with Gasteiger partial charge in [0.1, 0.15) is 0 Å². The van der Waals surface area contributed by atoms with E-state index in [0.717, 1.165) is 18.5 Å². The average Bonchev–Trinajstić information content (AvgIpc) is 2.29. The molecule has 1 aliphatic heterocycles. The maximum absolute atomic E-state index is 5.83. The predicted octanol–water partition coefficient (Wildman–Crippen LogP) is 1.24. The molecule has 1 saturated heterocycles. The Bertz CT molecular complexity index is 145. The molecule has 2 rings (SSSR count). The molecule has 1 saturated carbocycles. The molecule has 0 amide bonds. The Morgan fingerprint density at radius 3 is 2.42 bits per heavy atom. The van der Waals surface area contributed by atoms with Gasteiger partial charge in [-0.25, -0.2) is 0 Å². The Morgan fingerprint density at radius 2 is 2.00 bits per heavy atom. The van der Waals surface area contributed by atoms with E-state index in [4.69, 9.17) is 5.73 Å². The van der Waals surface area contributed by atoms with Crippen LogP contribution in [0.25, 0.3) is 0 Å². The van der Waals surface area contributed by atoms with Crippen LogP contribution >= 0.6 is 12.4 Å². The molecule has 0 radical (unpaired) electrons. The third-order valence-corrected chi connectivity index (χ3v) is 3.12. The molecule has 0 aromatic heterocycles. The number of nitrogens with zero attached hydrogens (tertiary/aromatic N) is 1. The third-order valence-electron chi connectivity index (χ3n) is 3.12. The molecule has 0 spiro atoms. The van der Waals surface area contributed by atoms with Crippen LogP contribution in [0.15, 0.2) is 0 Å². The number of rotatable bonds is 1. The summed E-state index contributed by atoms with van der Waals surface area (Å²) in [6.45, 7) is 4.74. The van der Waals surface area contributed by atoms with Crippen molar-refractivity contribution in [1.82, 2.24) is 4.90 Å². The van der Waals surface area contributed by atoms with Crippen molar-refractivity contribution in [3.8, 4) is 0 Å². The summed E-state index contributed by atoms with van der Waals surface area (Å²) < 4.78 is 0. The lowest BCUT2D eigenvalue weighted by atomic mass is 9.81. The second-order valence-electron chi connectivity index (χ2n) is 4.27. The topological polar surface area (TPSA) is 29.3 Å². The Balaban J connectivity index is 0.000000720. The number of hydrogen-bond donors (Lipinski definition) is 1. The minimum absolute atomic E-state index is 0. The van der Waals surface area contributed by atoms with Crippen LogP contribution in [-0.4, -0.2) is 30.1 Å². The number of halogens is 1. The van der Waals surface area contributed by atoms with Crippen molar-refractivity contribution in [3.05, 3.63) is 0 Å². The van der Waals surface area contributed by atoms with Gasteiger partial charge in [-0.3, -0.25) is 4.90 Å². The second kappa shape index (κ2) is 3.95. The first-order valence-electron chi connectivity index (χ1n) is 4.75. The van der Waals surface area contributed by atoms with Crippen molar-refractivity contribution in [2.75, 3.05) is 13.1 Å². The van der Waals surface area contributed by atoms with E-state index in [9.17, 15) is 0 Å². The maximum atomic E-state index is 5.83. The predicted molar refractivity (Wildman–Crippen MR) is 53.6 cm³/mol. The van der Waals surface area contributed by atoms with E-state index in [-0.39, 0.29) is 12.4 Å². The van der Waals surface area contributed by atoms with E-state index in [1.165, 1.54) is 25.8 Å². The first kappa shape index (κ1) is 10.3. The molecule has 12 heavy (non-hydrogen) atoms. The summed E-state index contributed by atoms with van der Waals surface area (Å²) in [5.41, 5.74) is 5.83. The van der Waals surface area contributed by atoms with Gasteiger partial charge in [0.25, 0.3) is 0 Å². The largest absolute Gasteiger partial charge is 0.326 e. The highest BCUT2D eigenvalue weighted by Gasteiger charge is 2.33. The second-order valence-corrected chi connectivity index (χ2v) is 4.27. The third kappa shape index (κ3) is 1.93. The first-order valence-corrected chi connectivity index (χ1v) is 4.75. The van der Waals surface area contributed by atoms with Crippen LogP contribution in [0.1, 0.15) is 26.2 Å². The van der Waals surface area contributed by atoms with Crippen LogP contribution in [0.2, 0.25) is 0 Å². The molecule has 3 heteroatoms. The van der Waals surface area contributed by atoms with E-state index in [1.807, 2.05) is 0 Å². The summed E-state index contributed by atoms with van der Waals surface area (Å²) in [6, 6.07) is 1.35. The van der Waals surface area contributed by atoms with E-state index in [0.29, 0.717) is 6.04 Å². The summed E-state index contributed by atoms with van der Waals surface area (Å²) in [7, 11) is 0. The Kier molecular flexibility index (Phi) is 3.38. The van der Waals surface area contributed by atoms with E-state index >= 15 is 0 Å². The van der Waals surface area contributed by atoms with Crippen molar-refractivity contribution in [2.45, 2.75) is 38.3 Å². The highest BCUT2D eigenvalue weighted by Crippen LogP contribution is 2.32. The monoisotopic (exact) mass is 190 g/mol. The molecule has 1 atom stereocenters. The lowest BCUT2D eigenvalue weighted by molar-refractivity contribution is 0.108. The minimum Gasteiger partial charge on any atom is -0.326 e. The van der Waals surface area contributed by atoms with E-state index in [2.05, 4.69) is 11.8 Å². The van der Waals surface area contributed by atoms with Gasteiger partial charge in [-0.2, -0.15) is 0 Å². The normalized spacial score (nSPS) is 42.0. The number of nitrogens with two attached hydrogens (primary N) is 1. The first-order chi connectivity index (χ1) is 5.25. The lowest BCUT2D eigenvalue weighted by Crippen LogP contribution is -2.43. The molecular weight excluding hydrogens is 172 g/mol. The summed E-state index contributed by atoms with van der Waals surface area (Å²) in [5.74, 6) is 0.969. The Morgan fingerprint density at radius 1 is 1.33 bits per heavy atom. The van der Waals surface area contributed by atoms with Crippen LogP contribution in [0, 0.1) is 5.92 Å². The zero-order valence-electron chi connectivity index (χ0n) is 7.70. The van der Waals surface area contributed by atoms with Gasteiger partial charge in [0.2, 0.25) is 0 Å². The van der Waals surface area contributed by atoms with Crippen LogP contribution in [0.3, 0.4) is 0 Å². The molecule has 0 bridgehead atoms. The lowest BCUT2D eigenvalue weighted by Gasteiger charge is -2.39. The van der Waals surface area contributed by atoms with Crippen molar-refractivity contribution in [3.63, 3.8) is 0 Å². The highest BCUT2D eigenvalue weighted by atomic mass is 35.5. The number of likely N-dealkylation sites (tertiary alicyclic amines) is 1. The van der Waals surface area contributed by atoms with Crippen molar-refractivity contribution < 1.29 is 0 Å². The molecule has 1 aliphatic carbocycles. The van der Waals surface area contributed by atoms with Gasteiger partial charge in [-0.1, -0.05) is 6.92 Å². The quantitative estimate of drug-likeness (QED) is 0.674. The molecule has 0 aromatic carbocycles. The standard InChI is InChI=1S/C9H18N2.ClH/c1-7-4-9(5-7)11-3-2-8(10)6-11;/h7-9H,2-6,10H2,1H3;1H/t7?,8-,9?;/m0./s1. The van der Waals surface area contributed by atoms with E-state index < -0.39 is 0 Å². The van der Waals surface area contributed by atoms with Crippen molar-refractivity contribution >= 4 is 12.4 Å². The maximum Gasteiger partial charge on any atom is 0.0180 e. The SMILES string of the molecule is CC1CC(N2CC[C@H](N)C2)C1.Cl. The fourth-order valence-electron chi connectivity index (χ4n) is 2.31. The Hall–Kier alpha value is 0.210. The Labute approximate surface area is 80.9 Å². The van der Waals surface area contributed by atoms with Gasteiger partial charge in [0.15, 0.2) is 0 Å². The summed E-state index contributed by atoms with van der Waals surface area (Å²) in [4.78, 5) is 2.57. The summed E-state index contributed by atoms with van der Waals surface area (Å²) in [6.07, 6.45) is 4.03. The highest BCUT2D eigenvalue weighted by molar-refractivity contribution is 5.85. The molecule has 2 nitrogen and oxygen atoms in total. The van der Waals surface area contributed by atoms with Crippen LogP contribution in [0.5, 0.6) is 0 Å². The summed E-state index contributed by atoms with van der Waals surface area (Å²) in [5, 5.41) is 0.